The van der Waals surface area contributed by atoms with E-state index < -0.39 is 0 Å². The Morgan fingerprint density at radius 1 is 1.24 bits per heavy atom. The Bertz CT molecular complexity index is 380. The number of rotatable bonds is 3. The molecule has 1 aliphatic carbocycles. The molecule has 1 nitrogen and oxygen atoms in total. The number of thioether (sulfide) groups is 1. The highest BCUT2D eigenvalue weighted by Gasteiger charge is 2.25. The van der Waals surface area contributed by atoms with Gasteiger partial charge in [0.1, 0.15) is 0 Å². The van der Waals surface area contributed by atoms with Crippen molar-refractivity contribution in [3.8, 4) is 0 Å². The minimum atomic E-state index is 0.255. The molecule has 0 spiro atoms. The summed E-state index contributed by atoms with van der Waals surface area (Å²) in [5, 5.41) is 0. The van der Waals surface area contributed by atoms with E-state index in [0.29, 0.717) is 5.92 Å². The standard InChI is InChI=1S/C15H21NS/c16-15(14-7-8-17-10-14)13-6-2-5-12(9-13)11-3-1-4-11/h2,5-6,9,11,14-15H,1,3-4,7-8,10,16H2. The minimum absolute atomic E-state index is 0.255. The second-order valence-electron chi connectivity index (χ2n) is 5.45. The first kappa shape index (κ1) is 11.6. The Balaban J connectivity index is 1.76. The summed E-state index contributed by atoms with van der Waals surface area (Å²) in [6.45, 7) is 0. The molecule has 1 aliphatic heterocycles. The van der Waals surface area contributed by atoms with Crippen LogP contribution in [-0.4, -0.2) is 11.5 Å². The molecule has 2 atom stereocenters. The molecular weight excluding hydrogens is 226 g/mol. The first-order valence-electron chi connectivity index (χ1n) is 6.78. The van der Waals surface area contributed by atoms with Crippen LogP contribution in [-0.2, 0) is 0 Å². The zero-order valence-electron chi connectivity index (χ0n) is 10.3. The fourth-order valence-corrected chi connectivity index (χ4v) is 4.18. The zero-order chi connectivity index (χ0) is 11.7. The van der Waals surface area contributed by atoms with Crippen molar-refractivity contribution >= 4 is 11.8 Å². The average Bonchev–Trinajstić information content (AvgIpc) is 2.79. The maximum atomic E-state index is 6.42. The van der Waals surface area contributed by atoms with Crippen LogP contribution in [0.25, 0.3) is 0 Å². The van der Waals surface area contributed by atoms with E-state index in [4.69, 9.17) is 5.73 Å². The number of hydrogen-bond donors (Lipinski definition) is 1. The van der Waals surface area contributed by atoms with Crippen LogP contribution >= 0.6 is 11.8 Å². The third kappa shape index (κ3) is 2.38. The van der Waals surface area contributed by atoms with Crippen molar-refractivity contribution in [1.82, 2.24) is 0 Å². The molecule has 2 aliphatic rings. The lowest BCUT2D eigenvalue weighted by molar-refractivity contribution is 0.418. The van der Waals surface area contributed by atoms with Gasteiger partial charge in [0.25, 0.3) is 0 Å². The van der Waals surface area contributed by atoms with Gasteiger partial charge in [-0.25, -0.2) is 0 Å². The fourth-order valence-electron chi connectivity index (χ4n) is 2.87. The third-order valence-electron chi connectivity index (χ3n) is 4.34. The summed E-state index contributed by atoms with van der Waals surface area (Å²) in [4.78, 5) is 0. The highest BCUT2D eigenvalue weighted by Crippen LogP contribution is 2.38. The highest BCUT2D eigenvalue weighted by atomic mass is 32.2. The molecule has 1 saturated heterocycles. The van der Waals surface area contributed by atoms with Crippen molar-refractivity contribution in [1.29, 1.82) is 0 Å². The van der Waals surface area contributed by atoms with Gasteiger partial charge in [0.2, 0.25) is 0 Å². The first-order chi connectivity index (χ1) is 8.34. The van der Waals surface area contributed by atoms with E-state index in [-0.39, 0.29) is 6.04 Å². The van der Waals surface area contributed by atoms with Crippen molar-refractivity contribution in [2.45, 2.75) is 37.6 Å². The quantitative estimate of drug-likeness (QED) is 0.881. The molecule has 92 valence electrons. The largest absolute Gasteiger partial charge is 0.324 e. The van der Waals surface area contributed by atoms with Crippen molar-refractivity contribution in [2.75, 3.05) is 11.5 Å². The van der Waals surface area contributed by atoms with Crippen LogP contribution in [0.5, 0.6) is 0 Å². The van der Waals surface area contributed by atoms with Crippen LogP contribution in [0.15, 0.2) is 24.3 Å². The van der Waals surface area contributed by atoms with Gasteiger partial charge in [0.05, 0.1) is 0 Å². The monoisotopic (exact) mass is 247 g/mol. The molecule has 1 aromatic carbocycles. The van der Waals surface area contributed by atoms with Gasteiger partial charge in [-0.15, -0.1) is 0 Å². The van der Waals surface area contributed by atoms with Crippen LogP contribution in [0.2, 0.25) is 0 Å². The second-order valence-corrected chi connectivity index (χ2v) is 6.60. The average molecular weight is 247 g/mol. The maximum Gasteiger partial charge on any atom is 0.0331 e. The van der Waals surface area contributed by atoms with Gasteiger partial charge in [-0.05, 0) is 53.7 Å². The van der Waals surface area contributed by atoms with E-state index in [0.717, 1.165) is 5.92 Å². The Labute approximate surface area is 108 Å². The molecule has 17 heavy (non-hydrogen) atoms. The Hall–Kier alpha value is -0.470. The van der Waals surface area contributed by atoms with Gasteiger partial charge in [-0.3, -0.25) is 0 Å². The normalized spacial score (nSPS) is 26.8. The molecule has 0 aromatic heterocycles. The molecule has 2 unspecified atom stereocenters. The Morgan fingerprint density at radius 2 is 2.12 bits per heavy atom. The van der Waals surface area contributed by atoms with Gasteiger partial charge in [0, 0.05) is 6.04 Å². The summed E-state index contributed by atoms with van der Waals surface area (Å²) in [6.07, 6.45) is 5.44. The van der Waals surface area contributed by atoms with E-state index in [1.807, 2.05) is 0 Å². The molecule has 0 bridgehead atoms. The topological polar surface area (TPSA) is 26.0 Å². The van der Waals surface area contributed by atoms with Gasteiger partial charge < -0.3 is 5.73 Å². The highest BCUT2D eigenvalue weighted by molar-refractivity contribution is 7.99. The molecule has 1 heterocycles. The predicted molar refractivity (Wildman–Crippen MR) is 75.4 cm³/mol. The molecule has 0 amide bonds. The molecule has 2 heteroatoms. The van der Waals surface area contributed by atoms with E-state index in [1.54, 1.807) is 0 Å². The number of benzene rings is 1. The molecule has 1 saturated carbocycles. The van der Waals surface area contributed by atoms with Crippen molar-refractivity contribution in [2.24, 2.45) is 11.7 Å². The smallest absolute Gasteiger partial charge is 0.0331 e. The van der Waals surface area contributed by atoms with Gasteiger partial charge in [-0.1, -0.05) is 30.7 Å². The van der Waals surface area contributed by atoms with Crippen LogP contribution in [0.3, 0.4) is 0 Å². The van der Waals surface area contributed by atoms with E-state index in [1.165, 1.54) is 48.3 Å². The first-order valence-corrected chi connectivity index (χ1v) is 7.93. The predicted octanol–water partition coefficient (Wildman–Crippen LogP) is 3.71. The number of nitrogens with two attached hydrogens (primary N) is 1. The van der Waals surface area contributed by atoms with Gasteiger partial charge >= 0.3 is 0 Å². The van der Waals surface area contributed by atoms with Gasteiger partial charge in [-0.2, -0.15) is 11.8 Å². The third-order valence-corrected chi connectivity index (χ3v) is 5.53. The lowest BCUT2D eigenvalue weighted by atomic mass is 9.79. The van der Waals surface area contributed by atoms with Crippen molar-refractivity contribution in [3.05, 3.63) is 35.4 Å². The molecule has 0 radical (unpaired) electrons. The minimum Gasteiger partial charge on any atom is -0.324 e. The molecule has 2 N–H and O–H groups in total. The molecular formula is C15H21NS. The van der Waals surface area contributed by atoms with Crippen LogP contribution in [0.4, 0.5) is 0 Å². The summed E-state index contributed by atoms with van der Waals surface area (Å²) in [7, 11) is 0. The number of hydrogen-bond acceptors (Lipinski definition) is 2. The SMILES string of the molecule is NC(c1cccc(C2CCC2)c1)C1CCSC1. The van der Waals surface area contributed by atoms with E-state index in [9.17, 15) is 0 Å². The summed E-state index contributed by atoms with van der Waals surface area (Å²) in [6, 6.07) is 9.33. The van der Waals surface area contributed by atoms with Crippen LogP contribution in [0.1, 0.15) is 48.8 Å². The summed E-state index contributed by atoms with van der Waals surface area (Å²) >= 11 is 2.05. The van der Waals surface area contributed by atoms with E-state index in [2.05, 4.69) is 36.0 Å². The summed E-state index contributed by atoms with van der Waals surface area (Å²) in [5.74, 6) is 4.05. The van der Waals surface area contributed by atoms with Gasteiger partial charge in [0.15, 0.2) is 0 Å². The Morgan fingerprint density at radius 3 is 2.76 bits per heavy atom. The molecule has 3 rings (SSSR count). The lowest BCUT2D eigenvalue weighted by Crippen LogP contribution is -2.21. The Kier molecular flexibility index (Phi) is 3.44. The van der Waals surface area contributed by atoms with Crippen molar-refractivity contribution < 1.29 is 0 Å². The second kappa shape index (κ2) is 5.03. The lowest BCUT2D eigenvalue weighted by Gasteiger charge is -2.27. The fraction of sp³-hybridized carbons (Fsp3) is 0.600. The van der Waals surface area contributed by atoms with Crippen LogP contribution in [0, 0.1) is 5.92 Å². The molecule has 1 aromatic rings. The van der Waals surface area contributed by atoms with E-state index >= 15 is 0 Å². The maximum absolute atomic E-state index is 6.42. The van der Waals surface area contributed by atoms with Crippen LogP contribution < -0.4 is 5.73 Å². The summed E-state index contributed by atoms with van der Waals surface area (Å²) in [5.41, 5.74) is 9.30. The van der Waals surface area contributed by atoms with Crippen molar-refractivity contribution in [3.63, 3.8) is 0 Å². The molecule has 2 fully saturated rings. The summed E-state index contributed by atoms with van der Waals surface area (Å²) < 4.78 is 0. The zero-order valence-corrected chi connectivity index (χ0v) is 11.1.